The molecule has 1 unspecified atom stereocenters. The van der Waals surface area contributed by atoms with Crippen molar-refractivity contribution in [3.63, 3.8) is 0 Å². The third-order valence-electron chi connectivity index (χ3n) is 4.17. The molecule has 1 aromatic carbocycles. The monoisotopic (exact) mass is 354 g/mol. The van der Waals surface area contributed by atoms with Crippen LogP contribution in [0.4, 0.5) is 5.69 Å². The van der Waals surface area contributed by atoms with Crippen LogP contribution in [-0.2, 0) is 19.6 Å². The SMILES string of the molecule is COCC(C)NS(=O)(=O)c1ccc(NC(=O)CC2CCCC2)cc1. The maximum absolute atomic E-state index is 12.2. The number of benzene rings is 1. The Balaban J connectivity index is 1.93. The first kappa shape index (κ1) is 18.9. The third-order valence-corrected chi connectivity index (χ3v) is 5.78. The van der Waals surface area contributed by atoms with Gasteiger partial charge in [0.25, 0.3) is 0 Å². The van der Waals surface area contributed by atoms with Crippen LogP contribution in [-0.4, -0.2) is 34.1 Å². The minimum absolute atomic E-state index is 0.00986. The highest BCUT2D eigenvalue weighted by atomic mass is 32.2. The fourth-order valence-electron chi connectivity index (χ4n) is 3.02. The number of ether oxygens (including phenoxy) is 1. The van der Waals surface area contributed by atoms with Crippen molar-refractivity contribution >= 4 is 21.6 Å². The van der Waals surface area contributed by atoms with E-state index in [0.29, 0.717) is 24.6 Å². The number of carbonyl (C=O) groups excluding carboxylic acids is 1. The van der Waals surface area contributed by atoms with E-state index in [4.69, 9.17) is 4.74 Å². The number of hydrogen-bond donors (Lipinski definition) is 2. The van der Waals surface area contributed by atoms with E-state index in [2.05, 4.69) is 10.0 Å². The van der Waals surface area contributed by atoms with Crippen LogP contribution in [0.15, 0.2) is 29.2 Å². The summed E-state index contributed by atoms with van der Waals surface area (Å²) in [5.41, 5.74) is 0.613. The molecule has 0 aliphatic heterocycles. The molecule has 0 heterocycles. The molecule has 7 heteroatoms. The van der Waals surface area contributed by atoms with E-state index >= 15 is 0 Å². The Morgan fingerprint density at radius 3 is 2.46 bits per heavy atom. The fourth-order valence-corrected chi connectivity index (χ4v) is 4.25. The van der Waals surface area contributed by atoms with E-state index in [1.165, 1.54) is 32.1 Å². The van der Waals surface area contributed by atoms with Gasteiger partial charge in [0.1, 0.15) is 0 Å². The highest BCUT2D eigenvalue weighted by Crippen LogP contribution is 2.27. The normalized spacial score (nSPS) is 16.9. The number of amides is 1. The predicted octanol–water partition coefficient (Wildman–Crippen LogP) is 2.52. The van der Waals surface area contributed by atoms with Crippen LogP contribution in [0, 0.1) is 5.92 Å². The molecular weight excluding hydrogens is 328 g/mol. The van der Waals surface area contributed by atoms with Gasteiger partial charge in [0, 0.05) is 25.3 Å². The highest BCUT2D eigenvalue weighted by molar-refractivity contribution is 7.89. The van der Waals surface area contributed by atoms with E-state index in [0.717, 1.165) is 12.8 Å². The molecule has 1 aliphatic carbocycles. The summed E-state index contributed by atoms with van der Waals surface area (Å²) in [5.74, 6) is 0.473. The first-order chi connectivity index (χ1) is 11.4. The van der Waals surface area contributed by atoms with Gasteiger partial charge in [-0.1, -0.05) is 12.8 Å². The van der Waals surface area contributed by atoms with Gasteiger partial charge in [0.2, 0.25) is 15.9 Å². The van der Waals surface area contributed by atoms with Crippen LogP contribution in [0.1, 0.15) is 39.0 Å². The zero-order valence-electron chi connectivity index (χ0n) is 14.2. The Hall–Kier alpha value is -1.44. The Morgan fingerprint density at radius 1 is 1.25 bits per heavy atom. The maximum atomic E-state index is 12.2. The molecule has 1 saturated carbocycles. The Bertz CT molecular complexity index is 637. The fraction of sp³-hybridized carbons (Fsp3) is 0.588. The van der Waals surface area contributed by atoms with Gasteiger partial charge in [-0.25, -0.2) is 13.1 Å². The van der Waals surface area contributed by atoms with Crippen LogP contribution in [0.5, 0.6) is 0 Å². The summed E-state index contributed by atoms with van der Waals surface area (Å²) >= 11 is 0. The minimum Gasteiger partial charge on any atom is -0.383 e. The van der Waals surface area contributed by atoms with Gasteiger partial charge in [-0.3, -0.25) is 4.79 Å². The van der Waals surface area contributed by atoms with Gasteiger partial charge in [0.15, 0.2) is 0 Å². The van der Waals surface area contributed by atoms with Crippen LogP contribution >= 0.6 is 0 Å². The van der Waals surface area contributed by atoms with Gasteiger partial charge in [-0.05, 0) is 49.9 Å². The van der Waals surface area contributed by atoms with Crippen molar-refractivity contribution in [1.29, 1.82) is 0 Å². The lowest BCUT2D eigenvalue weighted by atomic mass is 10.0. The molecule has 1 aliphatic rings. The van der Waals surface area contributed by atoms with Gasteiger partial charge in [-0.2, -0.15) is 0 Å². The molecule has 6 nitrogen and oxygen atoms in total. The molecule has 1 amide bonds. The summed E-state index contributed by atoms with van der Waals surface area (Å²) in [7, 11) is -2.07. The van der Waals surface area contributed by atoms with Crippen molar-refractivity contribution in [3.8, 4) is 0 Å². The lowest BCUT2D eigenvalue weighted by Gasteiger charge is -2.14. The lowest BCUT2D eigenvalue weighted by molar-refractivity contribution is -0.117. The lowest BCUT2D eigenvalue weighted by Crippen LogP contribution is -2.35. The number of methoxy groups -OCH3 is 1. The first-order valence-corrected chi connectivity index (χ1v) is 9.80. The zero-order chi connectivity index (χ0) is 17.6. The molecule has 0 bridgehead atoms. The van der Waals surface area contributed by atoms with Crippen LogP contribution < -0.4 is 10.0 Å². The average molecular weight is 354 g/mol. The van der Waals surface area contributed by atoms with Gasteiger partial charge < -0.3 is 10.1 Å². The minimum atomic E-state index is -3.59. The standard InChI is InChI=1S/C17H26N2O4S/c1-13(12-23-2)19-24(21,22)16-9-7-15(8-10-16)18-17(20)11-14-5-3-4-6-14/h7-10,13-14,19H,3-6,11-12H2,1-2H3,(H,18,20). The number of hydrogen-bond acceptors (Lipinski definition) is 4. The van der Waals surface area contributed by atoms with Crippen molar-refractivity contribution in [2.24, 2.45) is 5.92 Å². The second-order valence-electron chi connectivity index (χ2n) is 6.40. The molecule has 1 aromatic rings. The molecule has 2 N–H and O–H groups in total. The molecule has 0 saturated heterocycles. The largest absolute Gasteiger partial charge is 0.383 e. The molecular formula is C17H26N2O4S. The van der Waals surface area contributed by atoms with Crippen LogP contribution in [0.2, 0.25) is 0 Å². The van der Waals surface area contributed by atoms with E-state index < -0.39 is 10.0 Å². The molecule has 134 valence electrons. The van der Waals surface area contributed by atoms with Crippen LogP contribution in [0.3, 0.4) is 0 Å². The second-order valence-corrected chi connectivity index (χ2v) is 8.12. The number of sulfonamides is 1. The summed E-state index contributed by atoms with van der Waals surface area (Å²) in [6, 6.07) is 5.90. The van der Waals surface area contributed by atoms with E-state index in [-0.39, 0.29) is 16.8 Å². The quantitative estimate of drug-likeness (QED) is 0.751. The summed E-state index contributed by atoms with van der Waals surface area (Å²) < 4.78 is 31.9. The second kappa shape index (κ2) is 8.60. The molecule has 2 rings (SSSR count). The van der Waals surface area contributed by atoms with Crippen molar-refractivity contribution in [3.05, 3.63) is 24.3 Å². The average Bonchev–Trinajstić information content (AvgIpc) is 3.00. The summed E-state index contributed by atoms with van der Waals surface area (Å²) in [5, 5.41) is 2.83. The number of carbonyl (C=O) groups is 1. The van der Waals surface area contributed by atoms with Crippen molar-refractivity contribution in [2.75, 3.05) is 19.0 Å². The van der Waals surface area contributed by atoms with E-state index in [1.54, 1.807) is 19.1 Å². The van der Waals surface area contributed by atoms with E-state index in [9.17, 15) is 13.2 Å². The smallest absolute Gasteiger partial charge is 0.240 e. The van der Waals surface area contributed by atoms with Crippen molar-refractivity contribution in [1.82, 2.24) is 4.72 Å². The summed E-state index contributed by atoms with van der Waals surface area (Å²) in [4.78, 5) is 12.2. The van der Waals surface area contributed by atoms with E-state index in [1.807, 2.05) is 0 Å². The Labute approximate surface area is 144 Å². The molecule has 0 radical (unpaired) electrons. The van der Waals surface area contributed by atoms with Gasteiger partial charge in [-0.15, -0.1) is 0 Å². The number of nitrogens with one attached hydrogen (secondary N) is 2. The van der Waals surface area contributed by atoms with Gasteiger partial charge in [0.05, 0.1) is 11.5 Å². The molecule has 0 aromatic heterocycles. The molecule has 24 heavy (non-hydrogen) atoms. The third kappa shape index (κ3) is 5.58. The molecule has 0 spiro atoms. The molecule has 1 fully saturated rings. The topological polar surface area (TPSA) is 84.5 Å². The molecule has 1 atom stereocenters. The van der Waals surface area contributed by atoms with Crippen molar-refractivity contribution < 1.29 is 17.9 Å². The Morgan fingerprint density at radius 2 is 1.88 bits per heavy atom. The zero-order valence-corrected chi connectivity index (χ0v) is 15.1. The maximum Gasteiger partial charge on any atom is 0.240 e. The van der Waals surface area contributed by atoms with Gasteiger partial charge >= 0.3 is 0 Å². The highest BCUT2D eigenvalue weighted by Gasteiger charge is 2.19. The summed E-state index contributed by atoms with van der Waals surface area (Å²) in [6.07, 6.45) is 5.19. The number of rotatable bonds is 8. The predicted molar refractivity (Wildman–Crippen MR) is 93.3 cm³/mol. The number of anilines is 1. The first-order valence-electron chi connectivity index (χ1n) is 8.32. The van der Waals surface area contributed by atoms with Crippen LogP contribution in [0.25, 0.3) is 0 Å². The Kier molecular flexibility index (Phi) is 6.77. The summed E-state index contributed by atoms with van der Waals surface area (Å²) in [6.45, 7) is 2.03. The van der Waals surface area contributed by atoms with Crippen molar-refractivity contribution in [2.45, 2.75) is 50.0 Å².